The van der Waals surface area contributed by atoms with Crippen LogP contribution in [0, 0.1) is 12.7 Å². The molecule has 5 nitrogen and oxygen atoms in total. The molecule has 1 amide bonds. The zero-order chi connectivity index (χ0) is 20.4. The van der Waals surface area contributed by atoms with E-state index < -0.39 is 0 Å². The van der Waals surface area contributed by atoms with Crippen molar-refractivity contribution in [3.8, 4) is 0 Å². The molecule has 158 valence electrons. The third kappa shape index (κ3) is 8.39. The number of halogens is 2. The third-order valence-electron chi connectivity index (χ3n) is 4.40. The van der Waals surface area contributed by atoms with Crippen molar-refractivity contribution in [1.82, 2.24) is 16.0 Å². The van der Waals surface area contributed by atoms with E-state index in [1.54, 1.807) is 20.0 Å². The highest BCUT2D eigenvalue weighted by atomic mass is 127. The second kappa shape index (κ2) is 13.1. The Bertz CT molecular complexity index is 809. The molecule has 0 fully saturated rings. The summed E-state index contributed by atoms with van der Waals surface area (Å²) in [6, 6.07) is 12.6. The molecule has 0 saturated heterocycles. The zero-order valence-corrected chi connectivity index (χ0v) is 19.5. The fourth-order valence-corrected chi connectivity index (χ4v) is 2.66. The summed E-state index contributed by atoms with van der Waals surface area (Å²) in [6.07, 6.45) is 2.04. The van der Waals surface area contributed by atoms with Gasteiger partial charge in [-0.3, -0.25) is 9.79 Å². The van der Waals surface area contributed by atoms with Crippen LogP contribution in [0.4, 0.5) is 4.39 Å². The highest BCUT2D eigenvalue weighted by Gasteiger charge is 2.05. The number of nitrogens with one attached hydrogen (secondary N) is 3. The lowest BCUT2D eigenvalue weighted by Gasteiger charge is -2.13. The summed E-state index contributed by atoms with van der Waals surface area (Å²) < 4.78 is 13.3. The average Bonchev–Trinajstić information content (AvgIpc) is 2.71. The summed E-state index contributed by atoms with van der Waals surface area (Å²) in [4.78, 5) is 16.2. The monoisotopic (exact) mass is 512 g/mol. The van der Waals surface area contributed by atoms with Gasteiger partial charge in [0, 0.05) is 32.2 Å². The van der Waals surface area contributed by atoms with E-state index in [1.807, 2.05) is 30.3 Å². The molecule has 0 unspecified atom stereocenters. The number of amides is 1. The van der Waals surface area contributed by atoms with Gasteiger partial charge in [-0.2, -0.15) is 0 Å². The predicted octanol–water partition coefficient (Wildman–Crippen LogP) is 4.15. The summed E-state index contributed by atoms with van der Waals surface area (Å²) in [5, 5.41) is 9.36. The van der Waals surface area contributed by atoms with Crippen LogP contribution in [0.1, 0.15) is 46.8 Å². The van der Waals surface area contributed by atoms with Crippen molar-refractivity contribution >= 4 is 35.8 Å². The minimum Gasteiger partial charge on any atom is -0.352 e. The zero-order valence-electron chi connectivity index (χ0n) is 17.2. The van der Waals surface area contributed by atoms with Crippen LogP contribution in [0.15, 0.2) is 47.5 Å². The molecule has 0 aromatic heterocycles. The number of rotatable bonds is 8. The van der Waals surface area contributed by atoms with Crippen LogP contribution < -0.4 is 16.0 Å². The molecule has 0 atom stereocenters. The van der Waals surface area contributed by atoms with E-state index >= 15 is 0 Å². The molecule has 3 N–H and O–H groups in total. The summed E-state index contributed by atoms with van der Waals surface area (Å²) in [6.45, 7) is 5.68. The Morgan fingerprint density at radius 3 is 2.21 bits per heavy atom. The maximum absolute atomic E-state index is 13.3. The van der Waals surface area contributed by atoms with Gasteiger partial charge in [-0.15, -0.1) is 24.0 Å². The highest BCUT2D eigenvalue weighted by Crippen LogP contribution is 2.09. The van der Waals surface area contributed by atoms with Crippen molar-refractivity contribution in [2.75, 3.05) is 13.6 Å². The molecule has 29 heavy (non-hydrogen) atoms. The van der Waals surface area contributed by atoms with Crippen LogP contribution >= 0.6 is 24.0 Å². The molecule has 0 aliphatic rings. The summed E-state index contributed by atoms with van der Waals surface area (Å²) in [5.41, 5.74) is 3.32. The highest BCUT2D eigenvalue weighted by molar-refractivity contribution is 14.0. The molecular weight excluding hydrogens is 482 g/mol. The molecule has 0 spiro atoms. The summed E-state index contributed by atoms with van der Waals surface area (Å²) >= 11 is 0. The van der Waals surface area contributed by atoms with Crippen LogP contribution in [0.2, 0.25) is 0 Å². The van der Waals surface area contributed by atoms with E-state index in [1.165, 1.54) is 6.07 Å². The van der Waals surface area contributed by atoms with Crippen molar-refractivity contribution in [2.45, 2.75) is 39.8 Å². The number of aryl methyl sites for hydroxylation is 1. The van der Waals surface area contributed by atoms with Crippen molar-refractivity contribution in [2.24, 2.45) is 4.99 Å². The van der Waals surface area contributed by atoms with Crippen LogP contribution in [0.3, 0.4) is 0 Å². The Balaban J connectivity index is 0.00000420. The van der Waals surface area contributed by atoms with Gasteiger partial charge < -0.3 is 16.0 Å². The van der Waals surface area contributed by atoms with Gasteiger partial charge in [0.2, 0.25) is 0 Å². The summed E-state index contributed by atoms with van der Waals surface area (Å²) in [7, 11) is 1.70. The van der Waals surface area contributed by atoms with E-state index in [9.17, 15) is 9.18 Å². The lowest BCUT2D eigenvalue weighted by atomic mass is 10.1. The Morgan fingerprint density at radius 1 is 1.00 bits per heavy atom. The lowest BCUT2D eigenvalue weighted by Crippen LogP contribution is -2.36. The average molecular weight is 512 g/mol. The molecule has 7 heteroatoms. The lowest BCUT2D eigenvalue weighted by molar-refractivity contribution is 0.0953. The van der Waals surface area contributed by atoms with Gasteiger partial charge in [0.25, 0.3) is 5.91 Å². The normalized spacial score (nSPS) is 10.8. The van der Waals surface area contributed by atoms with Crippen molar-refractivity contribution in [3.63, 3.8) is 0 Å². The van der Waals surface area contributed by atoms with E-state index in [4.69, 9.17) is 0 Å². The number of hydrogen-bond acceptors (Lipinski definition) is 2. The van der Waals surface area contributed by atoms with E-state index in [2.05, 4.69) is 27.9 Å². The first-order chi connectivity index (χ1) is 13.5. The van der Waals surface area contributed by atoms with Gasteiger partial charge in [-0.1, -0.05) is 37.6 Å². The number of benzene rings is 2. The van der Waals surface area contributed by atoms with Gasteiger partial charge in [-0.05, 0) is 48.2 Å². The Labute approximate surface area is 189 Å². The largest absolute Gasteiger partial charge is 0.352 e. The number of hydrogen-bond donors (Lipinski definition) is 3. The van der Waals surface area contributed by atoms with Crippen LogP contribution in [-0.2, 0) is 13.1 Å². The Hall–Kier alpha value is -2.16. The summed E-state index contributed by atoms with van der Waals surface area (Å²) in [5.74, 6) is 0.414. The van der Waals surface area contributed by atoms with Gasteiger partial charge >= 0.3 is 0 Å². The standard InChI is InChI=1S/C22H29FN4O.HI/c1-4-5-12-25-21(28)19-9-6-17(7-10-19)14-26-22(24-3)27-15-18-8-11-20(23)16(2)13-18;/h6-11,13H,4-5,12,14-15H2,1-3H3,(H,25,28)(H2,24,26,27);1H. The fourth-order valence-electron chi connectivity index (χ4n) is 2.66. The molecule has 0 aliphatic heterocycles. The first kappa shape index (κ1) is 24.9. The van der Waals surface area contributed by atoms with Crippen LogP contribution in [0.25, 0.3) is 0 Å². The number of aliphatic imine (C=N–C) groups is 1. The van der Waals surface area contributed by atoms with Crippen LogP contribution in [0.5, 0.6) is 0 Å². The molecule has 0 heterocycles. The first-order valence-electron chi connectivity index (χ1n) is 9.60. The maximum Gasteiger partial charge on any atom is 0.251 e. The molecule has 2 rings (SSSR count). The Kier molecular flexibility index (Phi) is 11.3. The predicted molar refractivity (Wildman–Crippen MR) is 127 cm³/mol. The molecule has 0 saturated carbocycles. The van der Waals surface area contributed by atoms with Crippen molar-refractivity contribution in [1.29, 1.82) is 0 Å². The van der Waals surface area contributed by atoms with E-state index in [-0.39, 0.29) is 35.7 Å². The van der Waals surface area contributed by atoms with E-state index in [0.29, 0.717) is 36.7 Å². The maximum atomic E-state index is 13.3. The quantitative estimate of drug-likeness (QED) is 0.216. The van der Waals surface area contributed by atoms with Gasteiger partial charge in [-0.25, -0.2) is 4.39 Å². The first-order valence-corrected chi connectivity index (χ1v) is 9.60. The SMILES string of the molecule is CCCCNC(=O)c1ccc(CNC(=NC)NCc2ccc(F)c(C)c2)cc1.I. The molecule has 2 aromatic carbocycles. The second-order valence-electron chi connectivity index (χ2n) is 6.67. The van der Waals surface area contributed by atoms with Gasteiger partial charge in [0.05, 0.1) is 0 Å². The number of guanidine groups is 1. The minimum atomic E-state index is -0.200. The van der Waals surface area contributed by atoms with Gasteiger partial charge in [0.15, 0.2) is 5.96 Å². The topological polar surface area (TPSA) is 65.5 Å². The molecule has 2 aromatic rings. The van der Waals surface area contributed by atoms with Crippen LogP contribution in [-0.4, -0.2) is 25.5 Å². The molecule has 0 bridgehead atoms. The number of carbonyl (C=O) groups excluding carboxylic acids is 1. The second-order valence-corrected chi connectivity index (χ2v) is 6.67. The number of unbranched alkanes of at least 4 members (excludes halogenated alkanes) is 1. The smallest absolute Gasteiger partial charge is 0.251 e. The fraction of sp³-hybridized carbons (Fsp3) is 0.364. The third-order valence-corrected chi connectivity index (χ3v) is 4.40. The van der Waals surface area contributed by atoms with Crippen molar-refractivity contribution < 1.29 is 9.18 Å². The molecular formula is C22H30FIN4O. The molecule has 0 aliphatic carbocycles. The van der Waals surface area contributed by atoms with Crippen molar-refractivity contribution in [3.05, 3.63) is 70.5 Å². The number of nitrogens with zero attached hydrogens (tertiary/aromatic N) is 1. The van der Waals surface area contributed by atoms with E-state index in [0.717, 1.165) is 24.0 Å². The Morgan fingerprint density at radius 2 is 1.62 bits per heavy atom. The van der Waals surface area contributed by atoms with Gasteiger partial charge in [0.1, 0.15) is 5.82 Å². The minimum absolute atomic E-state index is 0. The molecule has 0 radical (unpaired) electrons. The number of carbonyl (C=O) groups is 1.